The first-order valence-corrected chi connectivity index (χ1v) is 6.71. The van der Waals surface area contributed by atoms with Gasteiger partial charge < -0.3 is 10.4 Å². The number of aliphatic carboxylic acids is 1. The van der Waals surface area contributed by atoms with Gasteiger partial charge in [-0.2, -0.15) is 5.10 Å². The summed E-state index contributed by atoms with van der Waals surface area (Å²) < 4.78 is 1.70. The van der Waals surface area contributed by atoms with Crippen molar-refractivity contribution in [1.82, 2.24) is 15.1 Å². The number of hydrogen-bond donors (Lipinski definition) is 2. The van der Waals surface area contributed by atoms with Crippen LogP contribution in [0.3, 0.4) is 0 Å². The van der Waals surface area contributed by atoms with Gasteiger partial charge in [0.05, 0.1) is 18.3 Å². The molecule has 1 aromatic carbocycles. The first-order valence-electron chi connectivity index (χ1n) is 6.71. The van der Waals surface area contributed by atoms with Crippen molar-refractivity contribution in [1.29, 1.82) is 0 Å². The minimum atomic E-state index is -0.861. The van der Waals surface area contributed by atoms with Crippen LogP contribution in [0.25, 0.3) is 0 Å². The Kier molecular flexibility index (Phi) is 5.09. The number of nitrogens with one attached hydrogen (secondary N) is 1. The van der Waals surface area contributed by atoms with E-state index >= 15 is 0 Å². The summed E-state index contributed by atoms with van der Waals surface area (Å²) in [5.74, 6) is -1.10. The van der Waals surface area contributed by atoms with Gasteiger partial charge in [0.2, 0.25) is 0 Å². The third-order valence-corrected chi connectivity index (χ3v) is 2.94. The molecule has 1 aromatic heterocycles. The Hall–Kier alpha value is -2.63. The molecule has 0 spiro atoms. The fraction of sp³-hybridized carbons (Fsp3) is 0.267. The normalized spacial score (nSPS) is 10.3. The van der Waals surface area contributed by atoms with Crippen molar-refractivity contribution >= 4 is 11.9 Å². The Morgan fingerprint density at radius 2 is 2.00 bits per heavy atom. The van der Waals surface area contributed by atoms with Crippen molar-refractivity contribution in [2.24, 2.45) is 0 Å². The second kappa shape index (κ2) is 7.23. The summed E-state index contributed by atoms with van der Waals surface area (Å²) >= 11 is 0. The van der Waals surface area contributed by atoms with Crippen molar-refractivity contribution in [2.75, 3.05) is 6.54 Å². The van der Waals surface area contributed by atoms with Crippen LogP contribution in [0.15, 0.2) is 42.7 Å². The number of nitrogens with zero attached hydrogens (tertiary/aromatic N) is 2. The molecule has 0 bridgehead atoms. The molecule has 6 nitrogen and oxygen atoms in total. The Balaban J connectivity index is 1.84. The maximum atomic E-state index is 11.8. The second-order valence-electron chi connectivity index (χ2n) is 4.67. The number of carbonyl (C=O) groups excluding carboxylic acids is 1. The lowest BCUT2D eigenvalue weighted by atomic mass is 10.2. The van der Waals surface area contributed by atoms with E-state index in [4.69, 9.17) is 5.11 Å². The quantitative estimate of drug-likeness (QED) is 0.756. The van der Waals surface area contributed by atoms with E-state index in [1.165, 1.54) is 6.20 Å². The van der Waals surface area contributed by atoms with E-state index in [0.717, 1.165) is 5.56 Å². The van der Waals surface area contributed by atoms with Gasteiger partial charge in [0.15, 0.2) is 0 Å². The third kappa shape index (κ3) is 4.76. The minimum absolute atomic E-state index is 0.0492. The number of carboxylic acid groups (broad SMARTS) is 1. The first kappa shape index (κ1) is 14.8. The Morgan fingerprint density at radius 1 is 1.24 bits per heavy atom. The highest BCUT2D eigenvalue weighted by Gasteiger charge is 2.08. The summed E-state index contributed by atoms with van der Waals surface area (Å²) in [4.78, 5) is 22.2. The lowest BCUT2D eigenvalue weighted by Gasteiger charge is -2.02. The van der Waals surface area contributed by atoms with Gasteiger partial charge in [0.25, 0.3) is 5.91 Å². The maximum absolute atomic E-state index is 11.8. The van der Waals surface area contributed by atoms with Crippen LogP contribution in [0.4, 0.5) is 0 Å². The van der Waals surface area contributed by atoms with Gasteiger partial charge >= 0.3 is 5.97 Å². The van der Waals surface area contributed by atoms with Crippen molar-refractivity contribution in [2.45, 2.75) is 19.4 Å². The Morgan fingerprint density at radius 3 is 2.71 bits per heavy atom. The largest absolute Gasteiger partial charge is 0.481 e. The van der Waals surface area contributed by atoms with E-state index in [-0.39, 0.29) is 12.3 Å². The predicted molar refractivity (Wildman–Crippen MR) is 77.0 cm³/mol. The summed E-state index contributed by atoms with van der Waals surface area (Å²) in [6.07, 6.45) is 3.65. The van der Waals surface area contributed by atoms with E-state index in [0.29, 0.717) is 25.1 Å². The van der Waals surface area contributed by atoms with E-state index in [2.05, 4.69) is 10.4 Å². The summed E-state index contributed by atoms with van der Waals surface area (Å²) in [5, 5.41) is 15.3. The van der Waals surface area contributed by atoms with E-state index < -0.39 is 5.97 Å². The first-order chi connectivity index (χ1) is 10.1. The zero-order chi connectivity index (χ0) is 15.1. The van der Waals surface area contributed by atoms with Crippen LogP contribution in [0, 0.1) is 0 Å². The number of carboxylic acids is 1. The molecule has 0 aliphatic heterocycles. The van der Waals surface area contributed by atoms with Crippen LogP contribution in [-0.4, -0.2) is 33.3 Å². The molecule has 0 radical (unpaired) electrons. The molecule has 1 amide bonds. The van der Waals surface area contributed by atoms with Gasteiger partial charge in [-0.3, -0.25) is 14.3 Å². The van der Waals surface area contributed by atoms with Crippen LogP contribution >= 0.6 is 0 Å². The zero-order valence-corrected chi connectivity index (χ0v) is 11.5. The molecule has 0 saturated heterocycles. The molecule has 21 heavy (non-hydrogen) atoms. The maximum Gasteiger partial charge on any atom is 0.303 e. The summed E-state index contributed by atoms with van der Waals surface area (Å²) in [5.41, 5.74) is 1.58. The Labute approximate surface area is 122 Å². The van der Waals surface area contributed by atoms with Crippen LogP contribution in [0.5, 0.6) is 0 Å². The highest BCUT2D eigenvalue weighted by molar-refractivity contribution is 5.93. The van der Waals surface area contributed by atoms with Crippen molar-refractivity contribution < 1.29 is 14.7 Å². The third-order valence-electron chi connectivity index (χ3n) is 2.94. The zero-order valence-electron chi connectivity index (χ0n) is 11.5. The topological polar surface area (TPSA) is 84.2 Å². The Bertz CT molecular complexity index is 608. The molecule has 0 aliphatic carbocycles. The van der Waals surface area contributed by atoms with Crippen LogP contribution in [0.1, 0.15) is 28.8 Å². The molecule has 110 valence electrons. The van der Waals surface area contributed by atoms with Gasteiger partial charge in [0, 0.05) is 19.2 Å². The number of carbonyl (C=O) groups is 2. The van der Waals surface area contributed by atoms with Gasteiger partial charge in [-0.05, 0) is 12.0 Å². The fourth-order valence-electron chi connectivity index (χ4n) is 1.88. The average Bonchev–Trinajstić information content (AvgIpc) is 2.93. The lowest BCUT2D eigenvalue weighted by Crippen LogP contribution is -2.24. The monoisotopic (exact) mass is 287 g/mol. The van der Waals surface area contributed by atoms with Gasteiger partial charge in [0.1, 0.15) is 0 Å². The molecule has 0 aliphatic rings. The number of aromatic nitrogens is 2. The number of hydrogen-bond acceptors (Lipinski definition) is 3. The standard InChI is InChI=1S/C15H17N3O3/c19-14(20)7-4-8-16-15(21)13-9-17-18(11-13)10-12-5-2-1-3-6-12/h1-3,5-6,9,11H,4,7-8,10H2,(H,16,21)(H,19,20). The highest BCUT2D eigenvalue weighted by atomic mass is 16.4. The van der Waals surface area contributed by atoms with Crippen LogP contribution in [0.2, 0.25) is 0 Å². The molecule has 0 saturated carbocycles. The van der Waals surface area contributed by atoms with Crippen LogP contribution in [-0.2, 0) is 11.3 Å². The second-order valence-corrected chi connectivity index (χ2v) is 4.67. The fourth-order valence-corrected chi connectivity index (χ4v) is 1.88. The minimum Gasteiger partial charge on any atom is -0.481 e. The molecule has 0 fully saturated rings. The van der Waals surface area contributed by atoms with Gasteiger partial charge in [-0.25, -0.2) is 0 Å². The van der Waals surface area contributed by atoms with Crippen molar-refractivity contribution in [3.63, 3.8) is 0 Å². The van der Waals surface area contributed by atoms with E-state index in [9.17, 15) is 9.59 Å². The molecule has 0 unspecified atom stereocenters. The molecule has 2 N–H and O–H groups in total. The van der Waals surface area contributed by atoms with Crippen molar-refractivity contribution in [3.8, 4) is 0 Å². The van der Waals surface area contributed by atoms with Gasteiger partial charge in [-0.15, -0.1) is 0 Å². The number of benzene rings is 1. The molecular formula is C15H17N3O3. The number of amides is 1. The highest BCUT2D eigenvalue weighted by Crippen LogP contribution is 2.04. The predicted octanol–water partition coefficient (Wildman–Crippen LogP) is 1.53. The van der Waals surface area contributed by atoms with Gasteiger partial charge in [-0.1, -0.05) is 30.3 Å². The van der Waals surface area contributed by atoms with E-state index in [1.807, 2.05) is 30.3 Å². The smallest absolute Gasteiger partial charge is 0.303 e. The lowest BCUT2D eigenvalue weighted by molar-refractivity contribution is -0.137. The number of rotatable bonds is 7. The molecule has 6 heteroatoms. The average molecular weight is 287 g/mol. The van der Waals surface area contributed by atoms with Crippen molar-refractivity contribution in [3.05, 3.63) is 53.9 Å². The summed E-state index contributed by atoms with van der Waals surface area (Å²) in [6, 6.07) is 9.84. The summed E-state index contributed by atoms with van der Waals surface area (Å²) in [6.45, 7) is 0.947. The van der Waals surface area contributed by atoms with E-state index in [1.54, 1.807) is 10.9 Å². The molecular weight excluding hydrogens is 270 g/mol. The summed E-state index contributed by atoms with van der Waals surface area (Å²) in [7, 11) is 0. The molecule has 0 atom stereocenters. The molecule has 1 heterocycles. The SMILES string of the molecule is O=C(O)CCCNC(=O)c1cnn(Cc2ccccc2)c1. The molecule has 2 rings (SSSR count). The van der Waals surface area contributed by atoms with Crippen LogP contribution < -0.4 is 5.32 Å². The molecule has 2 aromatic rings.